The van der Waals surface area contributed by atoms with Gasteiger partial charge in [-0.2, -0.15) is 0 Å². The largest absolute Gasteiger partial charge is 0.282 e. The number of alkyl halides is 2. The molecular formula is C8H5Cl5O2S2. The fraction of sp³-hybridized carbons (Fsp3) is 0.250. The van der Waals surface area contributed by atoms with Gasteiger partial charge in [0.15, 0.2) is 0 Å². The zero-order chi connectivity index (χ0) is 13.4. The molecule has 1 aromatic rings. The molecule has 0 unspecified atom stereocenters. The topological polar surface area (TPSA) is 34.1 Å². The predicted molar refractivity (Wildman–Crippen MR) is 76.3 cm³/mol. The highest BCUT2D eigenvalue weighted by molar-refractivity contribution is 8.31. The van der Waals surface area contributed by atoms with Crippen LogP contribution in [-0.4, -0.2) is 11.4 Å². The van der Waals surface area contributed by atoms with Gasteiger partial charge in [-0.25, -0.2) is 8.42 Å². The number of hydrogen-bond acceptors (Lipinski definition) is 3. The van der Waals surface area contributed by atoms with Gasteiger partial charge in [-0.1, -0.05) is 46.4 Å². The minimum Gasteiger partial charge on any atom is -0.220 e. The highest BCUT2D eigenvalue weighted by Gasteiger charge is 2.42. The van der Waals surface area contributed by atoms with Crippen molar-refractivity contribution in [3.05, 3.63) is 27.7 Å². The number of hydrogen-bond donors (Lipinski definition) is 0. The van der Waals surface area contributed by atoms with E-state index in [2.05, 4.69) is 0 Å². The second-order valence-corrected chi connectivity index (χ2v) is 9.67. The second kappa shape index (κ2) is 5.53. The van der Waals surface area contributed by atoms with E-state index in [0.29, 0.717) is 5.56 Å². The molecule has 9 heteroatoms. The maximum atomic E-state index is 12.0. The molecule has 0 saturated carbocycles. The highest BCUT2D eigenvalue weighted by atomic mass is 35.7. The van der Waals surface area contributed by atoms with Crippen molar-refractivity contribution in [3.63, 3.8) is 0 Å². The van der Waals surface area contributed by atoms with E-state index in [0.717, 1.165) is 0 Å². The Morgan fingerprint density at radius 2 is 1.59 bits per heavy atom. The Morgan fingerprint density at radius 1 is 1.18 bits per heavy atom. The van der Waals surface area contributed by atoms with Crippen LogP contribution in [0.15, 0.2) is 17.0 Å². The lowest BCUT2D eigenvalue weighted by Crippen LogP contribution is -2.21. The normalized spacial score (nSPS) is 12.8. The second-order valence-electron chi connectivity index (χ2n) is 3.06. The standard InChI is InChI=1S/C8H5Cl5O2S2/c1-4-6(9)2-5(3-7(4)10)17(14,15)8(11,12)16-13/h2-3H,1H3. The highest BCUT2D eigenvalue weighted by Crippen LogP contribution is 2.46. The van der Waals surface area contributed by atoms with Crippen LogP contribution >= 0.6 is 68.1 Å². The molecule has 0 fully saturated rings. The molecule has 0 N–H and O–H groups in total. The third kappa shape index (κ3) is 3.11. The summed E-state index contributed by atoms with van der Waals surface area (Å²) in [6, 6.07) is 2.45. The van der Waals surface area contributed by atoms with E-state index >= 15 is 0 Å². The quantitative estimate of drug-likeness (QED) is 0.694. The van der Waals surface area contributed by atoms with Gasteiger partial charge in [0.25, 0.3) is 3.00 Å². The summed E-state index contributed by atoms with van der Waals surface area (Å²) in [6.45, 7) is 1.66. The van der Waals surface area contributed by atoms with Gasteiger partial charge in [-0.3, -0.25) is 0 Å². The van der Waals surface area contributed by atoms with Crippen LogP contribution in [0.25, 0.3) is 0 Å². The molecule has 0 aromatic heterocycles. The summed E-state index contributed by atoms with van der Waals surface area (Å²) in [6.07, 6.45) is 0. The zero-order valence-electron chi connectivity index (χ0n) is 8.18. The third-order valence-electron chi connectivity index (χ3n) is 1.97. The average Bonchev–Trinajstić information content (AvgIpc) is 2.24. The van der Waals surface area contributed by atoms with E-state index in [9.17, 15) is 8.42 Å². The van der Waals surface area contributed by atoms with E-state index in [1.54, 1.807) is 6.92 Å². The Balaban J connectivity index is 3.46. The lowest BCUT2D eigenvalue weighted by Gasteiger charge is -2.16. The first-order valence-corrected chi connectivity index (χ1v) is 8.65. The minimum atomic E-state index is -4.06. The molecule has 0 aliphatic heterocycles. The molecule has 1 rings (SSSR count). The third-order valence-corrected chi connectivity index (χ3v) is 8.45. The first-order valence-electron chi connectivity index (χ1n) is 4.01. The number of rotatable bonds is 3. The van der Waals surface area contributed by atoms with Gasteiger partial charge in [0.1, 0.15) is 0 Å². The van der Waals surface area contributed by atoms with Crippen molar-refractivity contribution >= 4 is 77.9 Å². The molecule has 0 atom stereocenters. The van der Waals surface area contributed by atoms with Crippen LogP contribution in [0.5, 0.6) is 0 Å². The number of halogens is 5. The Bertz CT molecular complexity index is 518. The molecule has 0 heterocycles. The first kappa shape index (κ1) is 16.0. The molecule has 0 bridgehead atoms. The molecule has 0 spiro atoms. The van der Waals surface area contributed by atoms with Crippen LogP contribution in [0.1, 0.15) is 5.56 Å². The Labute approximate surface area is 128 Å². The fourth-order valence-corrected chi connectivity index (χ4v) is 4.29. The van der Waals surface area contributed by atoms with Gasteiger partial charge >= 0.3 is 0 Å². The van der Waals surface area contributed by atoms with Crippen molar-refractivity contribution in [2.75, 3.05) is 0 Å². The SMILES string of the molecule is Cc1c(Cl)cc(S(=O)(=O)C(Cl)(Cl)SCl)cc1Cl. The zero-order valence-corrected chi connectivity index (χ0v) is 13.6. The smallest absolute Gasteiger partial charge is 0.220 e. The maximum absolute atomic E-state index is 12.0. The number of benzene rings is 1. The van der Waals surface area contributed by atoms with Crippen molar-refractivity contribution in [1.29, 1.82) is 0 Å². The summed E-state index contributed by atoms with van der Waals surface area (Å²) in [5.41, 5.74) is 0.570. The van der Waals surface area contributed by atoms with Crippen molar-refractivity contribution in [2.24, 2.45) is 0 Å². The summed E-state index contributed by atoms with van der Waals surface area (Å²) in [7, 11) is 1.56. The fourth-order valence-electron chi connectivity index (χ4n) is 0.956. The summed E-state index contributed by atoms with van der Waals surface area (Å²) >= 11 is 22.9. The molecule has 2 nitrogen and oxygen atoms in total. The van der Waals surface area contributed by atoms with Gasteiger partial charge in [-0.15, -0.1) is 0 Å². The van der Waals surface area contributed by atoms with E-state index in [4.69, 9.17) is 57.1 Å². The molecule has 0 saturated heterocycles. The van der Waals surface area contributed by atoms with E-state index < -0.39 is 12.8 Å². The maximum Gasteiger partial charge on any atom is 0.282 e. The first-order chi connectivity index (χ1) is 7.63. The van der Waals surface area contributed by atoms with Crippen molar-refractivity contribution in [1.82, 2.24) is 0 Å². The summed E-state index contributed by atoms with van der Waals surface area (Å²) in [5.74, 6) is 0. The van der Waals surface area contributed by atoms with Gasteiger partial charge < -0.3 is 0 Å². The van der Waals surface area contributed by atoms with Crippen LogP contribution < -0.4 is 0 Å². The molecule has 0 amide bonds. The van der Waals surface area contributed by atoms with Crippen LogP contribution in [0.2, 0.25) is 10.0 Å². The van der Waals surface area contributed by atoms with Crippen molar-refractivity contribution in [3.8, 4) is 0 Å². The summed E-state index contributed by atoms with van der Waals surface area (Å²) in [5, 5.41) is 0.416. The minimum absolute atomic E-state index is 0.184. The molecular weight excluding hydrogens is 369 g/mol. The monoisotopic (exact) mass is 372 g/mol. The molecule has 1 aromatic carbocycles. The van der Waals surface area contributed by atoms with E-state index in [1.807, 2.05) is 0 Å². The molecule has 0 aliphatic carbocycles. The lowest BCUT2D eigenvalue weighted by molar-refractivity contribution is 0.597. The van der Waals surface area contributed by atoms with Crippen LogP contribution in [-0.2, 0) is 9.84 Å². The Kier molecular flexibility index (Phi) is 5.22. The molecule has 0 aliphatic rings. The van der Waals surface area contributed by atoms with Crippen LogP contribution in [0.4, 0.5) is 0 Å². The summed E-state index contributed by atoms with van der Waals surface area (Å²) in [4.78, 5) is -0.184. The van der Waals surface area contributed by atoms with Crippen LogP contribution in [0.3, 0.4) is 0 Å². The summed E-state index contributed by atoms with van der Waals surface area (Å²) < 4.78 is 21.8. The van der Waals surface area contributed by atoms with Gasteiger partial charge in [0.05, 0.1) is 4.90 Å². The predicted octanol–water partition coefficient (Wildman–Crippen LogP) is 5.05. The van der Waals surface area contributed by atoms with Crippen molar-refractivity contribution < 1.29 is 8.42 Å². The van der Waals surface area contributed by atoms with E-state index in [1.165, 1.54) is 12.1 Å². The Hall–Kier alpha value is 0.970. The molecule has 0 radical (unpaired) electrons. The number of sulfone groups is 1. The lowest BCUT2D eigenvalue weighted by atomic mass is 10.2. The molecule has 96 valence electrons. The van der Waals surface area contributed by atoms with Gasteiger partial charge in [0.2, 0.25) is 9.84 Å². The van der Waals surface area contributed by atoms with Crippen LogP contribution in [0, 0.1) is 6.92 Å². The average molecular weight is 375 g/mol. The van der Waals surface area contributed by atoms with Gasteiger partial charge in [-0.05, 0) is 35.3 Å². The van der Waals surface area contributed by atoms with Crippen molar-refractivity contribution in [2.45, 2.75) is 14.8 Å². The Morgan fingerprint density at radius 3 is 1.94 bits per heavy atom. The molecule has 17 heavy (non-hydrogen) atoms. The van der Waals surface area contributed by atoms with Gasteiger partial charge in [0, 0.05) is 21.0 Å². The van der Waals surface area contributed by atoms with E-state index in [-0.39, 0.29) is 25.9 Å².